The Hall–Kier alpha value is -2.36. The molecule has 1 aromatic carbocycles. The summed E-state index contributed by atoms with van der Waals surface area (Å²) < 4.78 is 0. The van der Waals surface area contributed by atoms with Gasteiger partial charge in [-0.1, -0.05) is 6.07 Å². The Bertz CT molecular complexity index is 604. The minimum Gasteiger partial charge on any atom is -0.372 e. The lowest BCUT2D eigenvalue weighted by Gasteiger charge is -2.28. The number of rotatable bonds is 4. The summed E-state index contributed by atoms with van der Waals surface area (Å²) in [6.07, 6.45) is 5.57. The highest BCUT2D eigenvalue weighted by molar-refractivity contribution is 5.94. The van der Waals surface area contributed by atoms with Crippen LogP contribution in [0.25, 0.3) is 0 Å². The highest BCUT2D eigenvalue weighted by atomic mass is 16.1. The Balaban J connectivity index is 1.58. The largest absolute Gasteiger partial charge is 0.372 e. The van der Waals surface area contributed by atoms with Gasteiger partial charge in [0, 0.05) is 30.5 Å². The number of anilines is 1. The molecule has 0 radical (unpaired) electrons. The summed E-state index contributed by atoms with van der Waals surface area (Å²) in [5.74, 6) is -0.0594. The van der Waals surface area contributed by atoms with E-state index in [0.29, 0.717) is 12.1 Å². The van der Waals surface area contributed by atoms with E-state index in [0.717, 1.165) is 18.8 Å². The second-order valence-corrected chi connectivity index (χ2v) is 5.60. The molecule has 1 fully saturated rings. The fourth-order valence-electron chi connectivity index (χ4n) is 2.75. The maximum Gasteiger partial charge on any atom is 0.251 e. The number of piperidine rings is 1. The van der Waals surface area contributed by atoms with Gasteiger partial charge in [-0.25, -0.2) is 0 Å². The van der Waals surface area contributed by atoms with E-state index in [4.69, 9.17) is 0 Å². The van der Waals surface area contributed by atoms with Crippen LogP contribution in [0.15, 0.2) is 48.7 Å². The monoisotopic (exact) mass is 295 g/mol. The second kappa shape index (κ2) is 7.07. The summed E-state index contributed by atoms with van der Waals surface area (Å²) >= 11 is 0. The van der Waals surface area contributed by atoms with Crippen molar-refractivity contribution in [1.82, 2.24) is 10.3 Å². The van der Waals surface area contributed by atoms with Crippen LogP contribution in [0.1, 0.15) is 35.3 Å². The maximum absolute atomic E-state index is 12.2. The SMILES string of the molecule is O=C(NCc1ccccn1)c1ccc(N2CCCCC2)cc1. The Morgan fingerprint density at radius 2 is 1.82 bits per heavy atom. The van der Waals surface area contributed by atoms with Crippen LogP contribution in [0.3, 0.4) is 0 Å². The van der Waals surface area contributed by atoms with Crippen molar-refractivity contribution in [2.24, 2.45) is 0 Å². The first kappa shape index (κ1) is 14.6. The molecule has 1 amide bonds. The van der Waals surface area contributed by atoms with Crippen LogP contribution < -0.4 is 10.2 Å². The number of hydrogen-bond donors (Lipinski definition) is 1. The van der Waals surface area contributed by atoms with E-state index in [1.165, 1.54) is 24.9 Å². The maximum atomic E-state index is 12.2. The van der Waals surface area contributed by atoms with E-state index in [1.807, 2.05) is 42.5 Å². The number of nitrogens with zero attached hydrogens (tertiary/aromatic N) is 2. The van der Waals surface area contributed by atoms with E-state index < -0.39 is 0 Å². The molecular formula is C18H21N3O. The van der Waals surface area contributed by atoms with E-state index in [2.05, 4.69) is 15.2 Å². The number of pyridine rings is 1. The average molecular weight is 295 g/mol. The molecule has 4 heteroatoms. The van der Waals surface area contributed by atoms with Gasteiger partial charge >= 0.3 is 0 Å². The first-order chi connectivity index (χ1) is 10.8. The lowest BCUT2D eigenvalue weighted by molar-refractivity contribution is 0.0950. The molecule has 4 nitrogen and oxygen atoms in total. The molecule has 114 valence electrons. The molecule has 0 bridgehead atoms. The molecule has 1 aliphatic heterocycles. The normalized spacial score (nSPS) is 14.6. The quantitative estimate of drug-likeness (QED) is 0.943. The predicted molar refractivity (Wildman–Crippen MR) is 87.9 cm³/mol. The van der Waals surface area contributed by atoms with Gasteiger partial charge in [-0.2, -0.15) is 0 Å². The van der Waals surface area contributed by atoms with Gasteiger partial charge in [0.15, 0.2) is 0 Å². The molecule has 1 saturated heterocycles. The van der Waals surface area contributed by atoms with Crippen LogP contribution in [0.5, 0.6) is 0 Å². The number of carbonyl (C=O) groups excluding carboxylic acids is 1. The average Bonchev–Trinajstić information content (AvgIpc) is 2.61. The Labute approximate surface area is 131 Å². The fraction of sp³-hybridized carbons (Fsp3) is 0.333. The second-order valence-electron chi connectivity index (χ2n) is 5.60. The third kappa shape index (κ3) is 3.64. The predicted octanol–water partition coefficient (Wildman–Crippen LogP) is 3.00. The van der Waals surface area contributed by atoms with E-state index >= 15 is 0 Å². The van der Waals surface area contributed by atoms with Crippen LogP contribution in [0.2, 0.25) is 0 Å². The number of carbonyl (C=O) groups is 1. The van der Waals surface area contributed by atoms with Crippen LogP contribution in [0, 0.1) is 0 Å². The van der Waals surface area contributed by atoms with Crippen LogP contribution in [0.4, 0.5) is 5.69 Å². The summed E-state index contributed by atoms with van der Waals surface area (Å²) in [6.45, 7) is 2.68. The first-order valence-corrected chi connectivity index (χ1v) is 7.86. The third-order valence-electron chi connectivity index (χ3n) is 4.01. The van der Waals surface area contributed by atoms with Crippen molar-refractivity contribution in [3.8, 4) is 0 Å². The molecule has 1 aromatic heterocycles. The number of nitrogens with one attached hydrogen (secondary N) is 1. The van der Waals surface area contributed by atoms with Gasteiger partial charge in [0.05, 0.1) is 12.2 Å². The van der Waals surface area contributed by atoms with Crippen molar-refractivity contribution in [2.45, 2.75) is 25.8 Å². The van der Waals surface area contributed by atoms with Crippen molar-refractivity contribution in [2.75, 3.05) is 18.0 Å². The molecule has 2 heterocycles. The summed E-state index contributed by atoms with van der Waals surface area (Å²) in [5, 5.41) is 2.90. The van der Waals surface area contributed by atoms with Gasteiger partial charge < -0.3 is 10.2 Å². The standard InChI is InChI=1S/C18H21N3O/c22-18(20-14-16-6-2-3-11-19-16)15-7-9-17(10-8-15)21-12-4-1-5-13-21/h2-3,6-11H,1,4-5,12-14H2,(H,20,22). The molecule has 0 aliphatic carbocycles. The molecule has 0 saturated carbocycles. The lowest BCUT2D eigenvalue weighted by atomic mass is 10.1. The van der Waals surface area contributed by atoms with Crippen LogP contribution in [-0.2, 0) is 6.54 Å². The van der Waals surface area contributed by atoms with Gasteiger partial charge in [-0.15, -0.1) is 0 Å². The lowest BCUT2D eigenvalue weighted by Crippen LogP contribution is -2.29. The van der Waals surface area contributed by atoms with Crippen molar-refractivity contribution in [3.63, 3.8) is 0 Å². The Kier molecular flexibility index (Phi) is 4.68. The Morgan fingerprint density at radius 1 is 1.05 bits per heavy atom. The summed E-state index contributed by atoms with van der Waals surface area (Å²) in [4.78, 5) is 18.7. The molecule has 0 unspecified atom stereocenters. The van der Waals surface area contributed by atoms with Crippen molar-refractivity contribution < 1.29 is 4.79 Å². The zero-order valence-electron chi connectivity index (χ0n) is 12.7. The molecule has 1 aliphatic rings. The minimum absolute atomic E-state index is 0.0594. The van der Waals surface area contributed by atoms with Crippen molar-refractivity contribution >= 4 is 11.6 Å². The Morgan fingerprint density at radius 3 is 2.50 bits per heavy atom. The summed E-state index contributed by atoms with van der Waals surface area (Å²) in [7, 11) is 0. The van der Waals surface area contributed by atoms with Crippen LogP contribution >= 0.6 is 0 Å². The summed E-state index contributed by atoms with van der Waals surface area (Å²) in [6, 6.07) is 13.6. The fourth-order valence-corrected chi connectivity index (χ4v) is 2.75. The number of aromatic nitrogens is 1. The van der Waals surface area contributed by atoms with Gasteiger partial charge in [0.25, 0.3) is 5.91 Å². The topological polar surface area (TPSA) is 45.2 Å². The molecule has 3 rings (SSSR count). The van der Waals surface area contributed by atoms with Gasteiger partial charge in [-0.05, 0) is 55.7 Å². The first-order valence-electron chi connectivity index (χ1n) is 7.86. The highest BCUT2D eigenvalue weighted by Crippen LogP contribution is 2.20. The molecule has 1 N–H and O–H groups in total. The van der Waals surface area contributed by atoms with Gasteiger partial charge in [0.2, 0.25) is 0 Å². The minimum atomic E-state index is -0.0594. The van der Waals surface area contributed by atoms with E-state index in [1.54, 1.807) is 6.20 Å². The molecule has 0 atom stereocenters. The van der Waals surface area contributed by atoms with E-state index in [9.17, 15) is 4.79 Å². The molecular weight excluding hydrogens is 274 g/mol. The van der Waals surface area contributed by atoms with E-state index in [-0.39, 0.29) is 5.91 Å². The molecule has 0 spiro atoms. The smallest absolute Gasteiger partial charge is 0.251 e. The number of amides is 1. The van der Waals surface area contributed by atoms with Crippen LogP contribution in [-0.4, -0.2) is 24.0 Å². The molecule has 2 aromatic rings. The zero-order valence-corrected chi connectivity index (χ0v) is 12.7. The number of benzene rings is 1. The van der Waals surface area contributed by atoms with Gasteiger partial charge in [-0.3, -0.25) is 9.78 Å². The summed E-state index contributed by atoms with van der Waals surface area (Å²) in [5.41, 5.74) is 2.76. The van der Waals surface area contributed by atoms with Crippen molar-refractivity contribution in [1.29, 1.82) is 0 Å². The molecule has 22 heavy (non-hydrogen) atoms. The van der Waals surface area contributed by atoms with Gasteiger partial charge in [0.1, 0.15) is 0 Å². The number of hydrogen-bond acceptors (Lipinski definition) is 3. The highest BCUT2D eigenvalue weighted by Gasteiger charge is 2.12. The van der Waals surface area contributed by atoms with Crippen molar-refractivity contribution in [3.05, 3.63) is 59.9 Å². The zero-order chi connectivity index (χ0) is 15.2. The third-order valence-corrected chi connectivity index (χ3v) is 4.01.